The average molecular weight is 359 g/mol. The maximum atomic E-state index is 13.5. The van der Waals surface area contributed by atoms with E-state index in [4.69, 9.17) is 4.74 Å². The molecule has 1 fully saturated rings. The zero-order valence-corrected chi connectivity index (χ0v) is 14.6. The number of ether oxygens (including phenoxy) is 1. The van der Waals surface area contributed by atoms with Gasteiger partial charge in [-0.1, -0.05) is 12.1 Å². The van der Waals surface area contributed by atoms with Crippen LogP contribution in [0.25, 0.3) is 0 Å². The van der Waals surface area contributed by atoms with Crippen LogP contribution < -0.4 is 4.74 Å². The molecule has 1 aliphatic heterocycles. The van der Waals surface area contributed by atoms with E-state index < -0.39 is 16.0 Å². The third kappa shape index (κ3) is 4.43. The first-order chi connectivity index (χ1) is 11.3. The van der Waals surface area contributed by atoms with Crippen LogP contribution in [0.15, 0.2) is 24.3 Å². The second-order valence-electron chi connectivity index (χ2n) is 5.64. The lowest BCUT2D eigenvalue weighted by Crippen LogP contribution is -2.43. The first-order valence-electron chi connectivity index (χ1n) is 7.65. The molecule has 0 aromatic heterocycles. The van der Waals surface area contributed by atoms with Crippen LogP contribution in [0.4, 0.5) is 4.39 Å². The molecule has 0 atom stereocenters. The molecule has 0 unspecified atom stereocenters. The Morgan fingerprint density at radius 1 is 1.21 bits per heavy atom. The van der Waals surface area contributed by atoms with E-state index in [1.54, 1.807) is 17.0 Å². The van der Waals surface area contributed by atoms with Crippen LogP contribution >= 0.6 is 0 Å². The predicted molar refractivity (Wildman–Crippen MR) is 87.3 cm³/mol. The molecule has 1 saturated heterocycles. The average Bonchev–Trinajstić information content (AvgIpc) is 2.80. The van der Waals surface area contributed by atoms with E-state index in [0.29, 0.717) is 19.5 Å². The molecule has 0 saturated carbocycles. The fourth-order valence-electron chi connectivity index (χ4n) is 2.40. The van der Waals surface area contributed by atoms with Gasteiger partial charge in [-0.3, -0.25) is 4.79 Å². The summed E-state index contributed by atoms with van der Waals surface area (Å²) in [5, 5.41) is 0. The zero-order chi connectivity index (χ0) is 17.7. The van der Waals surface area contributed by atoms with Crippen molar-refractivity contribution in [1.29, 1.82) is 0 Å². The molecule has 7 nitrogen and oxygen atoms in total. The molecule has 0 bridgehead atoms. The quantitative estimate of drug-likeness (QED) is 0.770. The van der Waals surface area contributed by atoms with Crippen LogP contribution in [0.1, 0.15) is 6.42 Å². The Morgan fingerprint density at radius 3 is 2.58 bits per heavy atom. The molecule has 0 aliphatic carbocycles. The number of para-hydroxylation sites is 1. The predicted octanol–water partition coefficient (Wildman–Crippen LogP) is 0.545. The van der Waals surface area contributed by atoms with Crippen LogP contribution in [0.3, 0.4) is 0 Å². The van der Waals surface area contributed by atoms with Gasteiger partial charge in [0.1, 0.15) is 0 Å². The lowest BCUT2D eigenvalue weighted by atomic mass is 10.3. The molecule has 2 rings (SSSR count). The van der Waals surface area contributed by atoms with Crippen LogP contribution in [-0.2, 0) is 15.0 Å². The second-order valence-corrected chi connectivity index (χ2v) is 7.79. The summed E-state index contributed by atoms with van der Waals surface area (Å²) < 4.78 is 45.5. The molecule has 1 heterocycles. The fourth-order valence-corrected chi connectivity index (χ4v) is 3.53. The summed E-state index contributed by atoms with van der Waals surface area (Å²) in [5.41, 5.74) is 0. The van der Waals surface area contributed by atoms with Gasteiger partial charge in [0.25, 0.3) is 16.1 Å². The van der Waals surface area contributed by atoms with E-state index in [1.165, 1.54) is 30.5 Å². The van der Waals surface area contributed by atoms with Gasteiger partial charge in [-0.2, -0.15) is 17.0 Å². The lowest BCUT2D eigenvalue weighted by Gasteiger charge is -2.24. The minimum Gasteiger partial charge on any atom is -0.481 e. The molecular weight excluding hydrogens is 337 g/mol. The van der Waals surface area contributed by atoms with Crippen molar-refractivity contribution < 1.29 is 22.3 Å². The molecule has 1 aromatic rings. The van der Waals surface area contributed by atoms with Gasteiger partial charge >= 0.3 is 0 Å². The van der Waals surface area contributed by atoms with E-state index >= 15 is 0 Å². The van der Waals surface area contributed by atoms with Gasteiger partial charge in [0.05, 0.1) is 0 Å². The van der Waals surface area contributed by atoms with Gasteiger partial charge < -0.3 is 9.64 Å². The summed E-state index contributed by atoms with van der Waals surface area (Å²) in [6.45, 7) is 1.04. The molecule has 9 heteroatoms. The maximum absolute atomic E-state index is 13.5. The number of carbonyl (C=O) groups is 1. The van der Waals surface area contributed by atoms with Gasteiger partial charge in [0.15, 0.2) is 18.2 Å². The Labute approximate surface area is 141 Å². The summed E-state index contributed by atoms with van der Waals surface area (Å²) in [6.07, 6.45) is 0.540. The standard InChI is InChI=1S/C15H22FN3O4S/c1-17(2)24(21,22)19-9-5-8-18(10-11-19)15(20)12-23-14-7-4-3-6-13(14)16/h3-4,6-7H,5,8-12H2,1-2H3. The van der Waals surface area contributed by atoms with Crippen molar-refractivity contribution in [2.75, 3.05) is 46.9 Å². The van der Waals surface area contributed by atoms with Gasteiger partial charge in [-0.05, 0) is 18.6 Å². The highest BCUT2D eigenvalue weighted by molar-refractivity contribution is 7.86. The van der Waals surface area contributed by atoms with Crippen molar-refractivity contribution >= 4 is 16.1 Å². The number of hydrogen-bond acceptors (Lipinski definition) is 4. The van der Waals surface area contributed by atoms with E-state index in [2.05, 4.69) is 0 Å². The minimum atomic E-state index is -3.49. The summed E-state index contributed by atoms with van der Waals surface area (Å²) in [7, 11) is -0.530. The number of halogens is 1. The third-order valence-electron chi connectivity index (χ3n) is 3.78. The summed E-state index contributed by atoms with van der Waals surface area (Å²) in [4.78, 5) is 13.8. The first-order valence-corrected chi connectivity index (χ1v) is 9.05. The normalized spacial score (nSPS) is 16.9. The second kappa shape index (κ2) is 7.91. The Balaban J connectivity index is 1.91. The van der Waals surface area contributed by atoms with Crippen molar-refractivity contribution in [2.24, 2.45) is 0 Å². The Bertz CT molecular complexity index is 681. The molecule has 134 valence electrons. The van der Waals surface area contributed by atoms with Crippen LogP contribution in [0.2, 0.25) is 0 Å². The first kappa shape index (κ1) is 18.6. The molecule has 0 N–H and O–H groups in total. The largest absolute Gasteiger partial charge is 0.481 e. The van der Waals surface area contributed by atoms with E-state index in [-0.39, 0.29) is 31.4 Å². The van der Waals surface area contributed by atoms with Gasteiger partial charge in [0, 0.05) is 40.3 Å². The van der Waals surface area contributed by atoms with Crippen molar-refractivity contribution in [2.45, 2.75) is 6.42 Å². The molecule has 1 aromatic carbocycles. The summed E-state index contributed by atoms with van der Waals surface area (Å²) in [6, 6.07) is 5.88. The summed E-state index contributed by atoms with van der Waals surface area (Å²) in [5.74, 6) is -0.788. The van der Waals surface area contributed by atoms with E-state index in [1.807, 2.05) is 0 Å². The maximum Gasteiger partial charge on any atom is 0.281 e. The van der Waals surface area contributed by atoms with Crippen molar-refractivity contribution in [3.63, 3.8) is 0 Å². The minimum absolute atomic E-state index is 0.0254. The zero-order valence-electron chi connectivity index (χ0n) is 13.8. The van der Waals surface area contributed by atoms with E-state index in [0.717, 1.165) is 4.31 Å². The highest BCUT2D eigenvalue weighted by Gasteiger charge is 2.28. The molecule has 0 radical (unpaired) electrons. The van der Waals surface area contributed by atoms with E-state index in [9.17, 15) is 17.6 Å². The number of amides is 1. The van der Waals surface area contributed by atoms with Gasteiger partial charge in [0.2, 0.25) is 0 Å². The van der Waals surface area contributed by atoms with Crippen LogP contribution in [0, 0.1) is 5.82 Å². The van der Waals surface area contributed by atoms with Crippen LogP contribution in [0.5, 0.6) is 5.75 Å². The smallest absolute Gasteiger partial charge is 0.281 e. The fraction of sp³-hybridized carbons (Fsp3) is 0.533. The SMILES string of the molecule is CN(C)S(=O)(=O)N1CCCN(C(=O)COc2ccccc2F)CC1. The number of nitrogens with zero attached hydrogens (tertiary/aromatic N) is 3. The number of hydrogen-bond donors (Lipinski definition) is 0. The topological polar surface area (TPSA) is 70.2 Å². The summed E-state index contributed by atoms with van der Waals surface area (Å²) >= 11 is 0. The van der Waals surface area contributed by atoms with Gasteiger partial charge in [-0.25, -0.2) is 4.39 Å². The Morgan fingerprint density at radius 2 is 1.92 bits per heavy atom. The molecular formula is C15H22FN3O4S. The van der Waals surface area contributed by atoms with Crippen molar-refractivity contribution in [3.8, 4) is 5.75 Å². The number of benzene rings is 1. The van der Waals surface area contributed by atoms with Crippen molar-refractivity contribution in [3.05, 3.63) is 30.1 Å². The Hall–Kier alpha value is -1.71. The van der Waals surface area contributed by atoms with Gasteiger partial charge in [-0.15, -0.1) is 0 Å². The molecule has 24 heavy (non-hydrogen) atoms. The molecule has 1 aliphatic rings. The van der Waals surface area contributed by atoms with Crippen molar-refractivity contribution in [1.82, 2.24) is 13.5 Å². The lowest BCUT2D eigenvalue weighted by molar-refractivity contribution is -0.133. The highest BCUT2D eigenvalue weighted by Crippen LogP contribution is 2.16. The number of carbonyl (C=O) groups excluding carboxylic acids is 1. The number of rotatable bonds is 5. The highest BCUT2D eigenvalue weighted by atomic mass is 32.2. The van der Waals surface area contributed by atoms with Crippen LogP contribution in [-0.4, -0.2) is 74.7 Å². The Kier molecular flexibility index (Phi) is 6.14. The molecule has 0 spiro atoms. The molecule has 1 amide bonds. The third-order valence-corrected chi connectivity index (χ3v) is 5.72. The monoisotopic (exact) mass is 359 g/mol.